The molecule has 2 aliphatic rings. The maximum absolute atomic E-state index is 13.3. The van der Waals surface area contributed by atoms with Gasteiger partial charge in [0, 0.05) is 20.3 Å². The summed E-state index contributed by atoms with van der Waals surface area (Å²) in [5.74, 6) is -4.01. The number of nitrogens with one attached hydrogen (secondary N) is 1. The van der Waals surface area contributed by atoms with E-state index in [-0.39, 0.29) is 13.0 Å². The van der Waals surface area contributed by atoms with Crippen LogP contribution in [0.2, 0.25) is 0 Å². The Morgan fingerprint density at radius 1 is 1.08 bits per heavy atom. The van der Waals surface area contributed by atoms with Crippen LogP contribution in [0.4, 0.5) is 4.79 Å². The van der Waals surface area contributed by atoms with E-state index < -0.39 is 61.8 Å². The molecule has 2 heterocycles. The molecule has 1 aromatic rings. The van der Waals surface area contributed by atoms with Crippen molar-refractivity contribution in [2.75, 3.05) is 0 Å². The van der Waals surface area contributed by atoms with Crippen molar-refractivity contribution in [1.29, 1.82) is 0 Å². The van der Waals surface area contributed by atoms with Crippen molar-refractivity contribution in [2.24, 2.45) is 0 Å². The molecular formula is C25H34N2O9S. The van der Waals surface area contributed by atoms with E-state index in [1.807, 2.05) is 6.92 Å². The van der Waals surface area contributed by atoms with Gasteiger partial charge in [-0.25, -0.2) is 18.0 Å². The third-order valence-electron chi connectivity index (χ3n) is 6.47. The first-order valence-electron chi connectivity index (χ1n) is 12.2. The molecule has 12 heteroatoms. The molecule has 3 atom stereocenters. The maximum Gasteiger partial charge on any atom is 0.408 e. The van der Waals surface area contributed by atoms with Gasteiger partial charge in [-0.05, 0) is 25.8 Å². The van der Waals surface area contributed by atoms with Gasteiger partial charge in [0.05, 0.1) is 0 Å². The van der Waals surface area contributed by atoms with Crippen LogP contribution in [0, 0.1) is 0 Å². The Hall–Kier alpha value is -3.15. The zero-order chi connectivity index (χ0) is 27.6. The highest BCUT2D eigenvalue weighted by molar-refractivity contribution is 7.94. The standard InChI is InChI=1S/C25H34N2O9S/c1-6-7-9-14-17(28)35-25(4,5)36-22(30)19-24(2,3)37(32,33)21-18(20(29)27(19)21)26-23(31)34-15-16-12-10-8-11-13-16/h8,10-13,18-19,21H,6-7,9,14-15H2,1-5H3,(H,26,31)/t18-,19+,21-/m1/s1. The van der Waals surface area contributed by atoms with Crippen molar-refractivity contribution in [1.82, 2.24) is 10.2 Å². The summed E-state index contributed by atoms with van der Waals surface area (Å²) >= 11 is 0. The van der Waals surface area contributed by atoms with Crippen LogP contribution in [0.1, 0.15) is 65.9 Å². The molecule has 0 spiro atoms. The topological polar surface area (TPSA) is 145 Å². The second kappa shape index (κ2) is 10.7. The molecule has 2 aliphatic heterocycles. The highest BCUT2D eigenvalue weighted by atomic mass is 32.2. The van der Waals surface area contributed by atoms with Crippen molar-refractivity contribution in [3.63, 3.8) is 0 Å². The van der Waals surface area contributed by atoms with E-state index in [1.54, 1.807) is 30.3 Å². The molecule has 0 bridgehead atoms. The Morgan fingerprint density at radius 3 is 2.35 bits per heavy atom. The normalized spacial score (nSPS) is 23.4. The monoisotopic (exact) mass is 538 g/mol. The Bertz CT molecular complexity index is 1150. The molecule has 2 saturated heterocycles. The molecular weight excluding hydrogens is 504 g/mol. The first-order chi connectivity index (χ1) is 17.2. The third-order valence-corrected chi connectivity index (χ3v) is 9.29. The van der Waals surface area contributed by atoms with Gasteiger partial charge < -0.3 is 24.4 Å². The predicted molar refractivity (Wildman–Crippen MR) is 131 cm³/mol. The zero-order valence-corrected chi connectivity index (χ0v) is 22.5. The lowest BCUT2D eigenvalue weighted by Gasteiger charge is -2.43. The van der Waals surface area contributed by atoms with Gasteiger partial charge in [0.1, 0.15) is 23.4 Å². The van der Waals surface area contributed by atoms with E-state index in [4.69, 9.17) is 14.2 Å². The highest BCUT2D eigenvalue weighted by Gasteiger charge is 2.73. The average molecular weight is 539 g/mol. The SMILES string of the molecule is CCCCCC(=O)OC(C)(C)OC(=O)[C@@H]1N2C(=O)[C@@H](NC(=O)OCc3ccccc3)[C@H]2S(=O)(=O)C1(C)C. The Balaban J connectivity index is 1.68. The van der Waals surface area contributed by atoms with Crippen LogP contribution >= 0.6 is 0 Å². The fourth-order valence-corrected chi connectivity index (χ4v) is 6.69. The van der Waals surface area contributed by atoms with Crippen LogP contribution in [0.15, 0.2) is 30.3 Å². The molecule has 3 rings (SSSR count). The van der Waals surface area contributed by atoms with E-state index in [9.17, 15) is 27.6 Å². The van der Waals surface area contributed by atoms with Gasteiger partial charge in [0.25, 0.3) is 5.79 Å². The Labute approximate surface area is 216 Å². The van der Waals surface area contributed by atoms with Crippen LogP contribution in [0.25, 0.3) is 0 Å². The molecule has 0 aromatic heterocycles. The number of nitrogens with zero attached hydrogens (tertiary/aromatic N) is 1. The van der Waals surface area contributed by atoms with E-state index in [0.717, 1.165) is 17.7 Å². The molecule has 2 fully saturated rings. The van der Waals surface area contributed by atoms with Gasteiger partial charge in [-0.2, -0.15) is 0 Å². The van der Waals surface area contributed by atoms with E-state index in [1.165, 1.54) is 27.7 Å². The lowest BCUT2D eigenvalue weighted by atomic mass is 9.96. The van der Waals surface area contributed by atoms with E-state index in [2.05, 4.69) is 5.32 Å². The van der Waals surface area contributed by atoms with Crippen molar-refractivity contribution in [3.8, 4) is 0 Å². The minimum Gasteiger partial charge on any atom is -0.445 e. The molecule has 1 aromatic carbocycles. The molecule has 0 unspecified atom stereocenters. The Kier molecular flexibility index (Phi) is 8.21. The predicted octanol–water partition coefficient (Wildman–Crippen LogP) is 2.43. The van der Waals surface area contributed by atoms with E-state index in [0.29, 0.717) is 12.0 Å². The van der Waals surface area contributed by atoms with Gasteiger partial charge in [0.2, 0.25) is 5.91 Å². The number of rotatable bonds is 10. The summed E-state index contributed by atoms with van der Waals surface area (Å²) in [5, 5.41) is 0.845. The van der Waals surface area contributed by atoms with E-state index >= 15 is 0 Å². The summed E-state index contributed by atoms with van der Waals surface area (Å²) in [6.45, 7) is 7.28. The number of fused-ring (bicyclic) bond motifs is 1. The summed E-state index contributed by atoms with van der Waals surface area (Å²) in [6.07, 6.45) is 1.58. The smallest absolute Gasteiger partial charge is 0.408 e. The first-order valence-corrected chi connectivity index (χ1v) is 13.7. The Morgan fingerprint density at radius 2 is 1.73 bits per heavy atom. The third kappa shape index (κ3) is 5.73. The highest BCUT2D eigenvalue weighted by Crippen LogP contribution is 2.46. The summed E-state index contributed by atoms with van der Waals surface area (Å²) in [7, 11) is -4.12. The number of hydrogen-bond acceptors (Lipinski definition) is 9. The molecule has 0 radical (unpaired) electrons. The number of amides is 2. The van der Waals surface area contributed by atoms with Crippen molar-refractivity contribution in [2.45, 2.75) is 94.9 Å². The van der Waals surface area contributed by atoms with Crippen molar-refractivity contribution < 1.29 is 41.8 Å². The first kappa shape index (κ1) is 28.4. The lowest BCUT2D eigenvalue weighted by Crippen LogP contribution is -2.72. The molecule has 11 nitrogen and oxygen atoms in total. The minimum absolute atomic E-state index is 0.0680. The summed E-state index contributed by atoms with van der Waals surface area (Å²) in [4.78, 5) is 51.4. The number of alkyl carbamates (subject to hydrolysis) is 1. The number of benzene rings is 1. The van der Waals surface area contributed by atoms with Crippen LogP contribution in [0.5, 0.6) is 0 Å². The molecule has 0 saturated carbocycles. The molecule has 37 heavy (non-hydrogen) atoms. The summed E-state index contributed by atoms with van der Waals surface area (Å²) < 4.78 is 40.7. The van der Waals surface area contributed by atoms with Crippen LogP contribution < -0.4 is 5.32 Å². The second-order valence-electron chi connectivity index (χ2n) is 10.1. The largest absolute Gasteiger partial charge is 0.445 e. The van der Waals surface area contributed by atoms with Crippen LogP contribution in [0.3, 0.4) is 0 Å². The fraction of sp³-hybridized carbons (Fsp3) is 0.600. The fourth-order valence-electron chi connectivity index (χ4n) is 4.48. The molecule has 0 aliphatic carbocycles. The van der Waals surface area contributed by atoms with Gasteiger partial charge in [-0.15, -0.1) is 0 Å². The molecule has 204 valence electrons. The number of carbonyl (C=O) groups excluding carboxylic acids is 4. The van der Waals surface area contributed by atoms with Gasteiger partial charge in [-0.1, -0.05) is 50.1 Å². The van der Waals surface area contributed by atoms with Gasteiger partial charge in [-0.3, -0.25) is 9.59 Å². The number of carbonyl (C=O) groups is 4. The minimum atomic E-state index is -4.12. The number of β-lactam (4-membered cyclic amide) rings is 1. The van der Waals surface area contributed by atoms with Gasteiger partial charge in [0.15, 0.2) is 15.2 Å². The van der Waals surface area contributed by atoms with Crippen LogP contribution in [-0.4, -0.2) is 65.2 Å². The number of hydrogen-bond donors (Lipinski definition) is 1. The van der Waals surface area contributed by atoms with Crippen LogP contribution in [-0.2, 0) is 45.0 Å². The van der Waals surface area contributed by atoms with Gasteiger partial charge >= 0.3 is 18.0 Å². The molecule has 2 amide bonds. The zero-order valence-electron chi connectivity index (χ0n) is 21.7. The number of ether oxygens (including phenoxy) is 3. The average Bonchev–Trinajstić information content (AvgIpc) is 2.95. The lowest BCUT2D eigenvalue weighted by molar-refractivity contribution is -0.221. The summed E-state index contributed by atoms with van der Waals surface area (Å²) in [5.41, 5.74) is 0.713. The second-order valence-corrected chi connectivity index (χ2v) is 12.7. The molecule has 1 N–H and O–H groups in total. The number of esters is 2. The van der Waals surface area contributed by atoms with Crippen molar-refractivity contribution in [3.05, 3.63) is 35.9 Å². The quantitative estimate of drug-likeness (QED) is 0.205. The number of sulfone groups is 1. The maximum atomic E-state index is 13.3. The number of unbranched alkanes of at least 4 members (excludes halogenated alkanes) is 2. The summed E-state index contributed by atoms with van der Waals surface area (Å²) in [6, 6.07) is 5.93. The van der Waals surface area contributed by atoms with Crippen molar-refractivity contribution >= 4 is 33.8 Å².